The molecule has 0 aliphatic carbocycles. The third kappa shape index (κ3) is 40.1. The van der Waals surface area contributed by atoms with E-state index >= 15 is 0 Å². The van der Waals surface area contributed by atoms with Crippen LogP contribution in [0.3, 0.4) is 0 Å². The summed E-state index contributed by atoms with van der Waals surface area (Å²) in [6, 6.07) is -0.999. The Morgan fingerprint density at radius 2 is 0.653 bits per heavy atom. The normalized spacial score (nSPS) is 27.0. The fourth-order valence-corrected chi connectivity index (χ4v) is 13.4. The molecule has 0 bridgehead atoms. The van der Waals surface area contributed by atoms with Crippen molar-refractivity contribution in [3.8, 4) is 0 Å². The van der Waals surface area contributed by atoms with Gasteiger partial charge in [-0.05, 0) is 70.6 Å². The lowest BCUT2D eigenvalue weighted by Crippen LogP contribution is -2.66. The molecular formula is C79H145NO18. The zero-order valence-electron chi connectivity index (χ0n) is 61.3. The van der Waals surface area contributed by atoms with Crippen molar-refractivity contribution < 1.29 is 89.4 Å². The summed E-state index contributed by atoms with van der Waals surface area (Å²) >= 11 is 0. The molecule has 3 aliphatic heterocycles. The highest BCUT2D eigenvalue weighted by molar-refractivity contribution is 5.76. The zero-order chi connectivity index (χ0) is 71.1. The molecule has 17 unspecified atom stereocenters. The standard InChI is InChI=1S/C79H145NO18/c1-3-5-7-9-11-13-15-17-19-21-23-25-27-28-29-30-31-32-33-35-36-38-40-42-44-46-48-50-52-54-56-63(84)62(80-67(85)57-55-53-51-49-47-45-43-41-39-37-34-26-24-22-20-18-16-14-12-10-8-6-4-2)61-93-77-73(91)70(88)75(65(59-82)95-77)98-79-74(92)71(89)76(66(60-83)96-79)97-78-72(90)69(87)68(86)64(58-81)94-78/h22,24,38,40,46,48,54,56,62-66,68-79,81-84,86-92H,3-21,23,25-37,39,41-45,47,49-53,55,57-61H2,1-2H3,(H,80,85)/b24-22-,40-38+,48-46+,56-54+. The van der Waals surface area contributed by atoms with Crippen LogP contribution < -0.4 is 5.32 Å². The molecule has 0 spiro atoms. The van der Waals surface area contributed by atoms with Crippen molar-refractivity contribution in [1.82, 2.24) is 5.32 Å². The molecule has 0 aromatic rings. The van der Waals surface area contributed by atoms with Gasteiger partial charge in [0.05, 0.1) is 38.6 Å². The lowest BCUT2D eigenvalue weighted by molar-refractivity contribution is -0.379. The van der Waals surface area contributed by atoms with E-state index in [0.717, 1.165) is 44.9 Å². The molecule has 1 amide bonds. The molecule has 19 nitrogen and oxygen atoms in total. The molecular weight excluding hydrogens is 1250 g/mol. The molecule has 3 saturated heterocycles. The summed E-state index contributed by atoms with van der Waals surface area (Å²) < 4.78 is 34.4. The number of ether oxygens (including phenoxy) is 6. The highest BCUT2D eigenvalue weighted by Gasteiger charge is 2.54. The minimum absolute atomic E-state index is 0.232. The number of hydrogen-bond donors (Lipinski definition) is 12. The molecule has 0 aromatic heterocycles. The fourth-order valence-electron chi connectivity index (χ4n) is 13.4. The average molecular weight is 1400 g/mol. The smallest absolute Gasteiger partial charge is 0.220 e. The van der Waals surface area contributed by atoms with Crippen molar-refractivity contribution in [2.75, 3.05) is 26.4 Å². The second-order valence-electron chi connectivity index (χ2n) is 28.5. The minimum atomic E-state index is -1.98. The van der Waals surface area contributed by atoms with Crippen LogP contribution in [0.1, 0.15) is 316 Å². The Morgan fingerprint density at radius 3 is 1.02 bits per heavy atom. The monoisotopic (exact) mass is 1400 g/mol. The van der Waals surface area contributed by atoms with Crippen LogP contribution in [-0.2, 0) is 33.2 Å². The van der Waals surface area contributed by atoms with E-state index in [2.05, 4.69) is 55.6 Å². The Kier molecular flexibility index (Phi) is 55.1. The van der Waals surface area contributed by atoms with Gasteiger partial charge < -0.3 is 89.9 Å². The zero-order valence-corrected chi connectivity index (χ0v) is 61.3. The van der Waals surface area contributed by atoms with Gasteiger partial charge in [0, 0.05) is 6.42 Å². The van der Waals surface area contributed by atoms with Gasteiger partial charge in [-0.25, -0.2) is 0 Å². The van der Waals surface area contributed by atoms with Crippen molar-refractivity contribution in [2.24, 2.45) is 0 Å². The molecule has 0 radical (unpaired) electrons. The van der Waals surface area contributed by atoms with E-state index < -0.39 is 124 Å². The average Bonchev–Trinajstić information content (AvgIpc) is 0.785. The molecule has 19 heteroatoms. The first-order valence-electron chi connectivity index (χ1n) is 39.9. The molecule has 574 valence electrons. The van der Waals surface area contributed by atoms with E-state index in [9.17, 15) is 61.0 Å². The van der Waals surface area contributed by atoms with E-state index in [1.165, 1.54) is 238 Å². The predicted molar refractivity (Wildman–Crippen MR) is 388 cm³/mol. The molecule has 17 atom stereocenters. The van der Waals surface area contributed by atoms with Crippen LogP contribution in [0.15, 0.2) is 48.6 Å². The third-order valence-electron chi connectivity index (χ3n) is 19.8. The maximum absolute atomic E-state index is 13.5. The molecule has 12 N–H and O–H groups in total. The second-order valence-corrected chi connectivity index (χ2v) is 28.5. The van der Waals surface area contributed by atoms with Crippen molar-refractivity contribution in [1.29, 1.82) is 0 Å². The maximum Gasteiger partial charge on any atom is 0.220 e. The first-order chi connectivity index (χ1) is 47.8. The number of hydrogen-bond acceptors (Lipinski definition) is 18. The summed E-state index contributed by atoms with van der Waals surface area (Å²) in [5, 5.41) is 121. The van der Waals surface area contributed by atoms with Gasteiger partial charge in [-0.15, -0.1) is 0 Å². The van der Waals surface area contributed by atoms with Crippen molar-refractivity contribution in [3.63, 3.8) is 0 Å². The molecule has 98 heavy (non-hydrogen) atoms. The Hall–Kier alpha value is -2.25. The number of aliphatic hydroxyl groups excluding tert-OH is 11. The van der Waals surface area contributed by atoms with E-state index in [-0.39, 0.29) is 18.9 Å². The lowest BCUT2D eigenvalue weighted by Gasteiger charge is -2.48. The van der Waals surface area contributed by atoms with Crippen molar-refractivity contribution in [3.05, 3.63) is 48.6 Å². The second kappa shape index (κ2) is 60.1. The highest BCUT2D eigenvalue weighted by atomic mass is 16.8. The van der Waals surface area contributed by atoms with Crippen LogP contribution >= 0.6 is 0 Å². The third-order valence-corrected chi connectivity index (χ3v) is 19.8. The summed E-state index contributed by atoms with van der Waals surface area (Å²) in [6.07, 6.45) is 48.2. The van der Waals surface area contributed by atoms with E-state index in [1.54, 1.807) is 6.08 Å². The van der Waals surface area contributed by atoms with Gasteiger partial charge in [0.2, 0.25) is 5.91 Å². The maximum atomic E-state index is 13.5. The highest BCUT2D eigenvalue weighted by Crippen LogP contribution is 2.33. The van der Waals surface area contributed by atoms with Crippen molar-refractivity contribution >= 4 is 5.91 Å². The SMILES string of the molecule is CCCCCCCCCC/C=C\CCCCCCCCCCCCCC(=O)NC(COC1OC(CO)C(OC2OC(CO)C(OC3OC(CO)C(O)C(O)C3O)C(O)C2O)C(O)C1O)C(O)/C=C/CC/C=C/CC/C=C/CCCCCCCCCCCCCCCCCCCCCC. The first kappa shape index (κ1) is 90.0. The number of rotatable bonds is 63. The predicted octanol–water partition coefficient (Wildman–Crippen LogP) is 12.9. The van der Waals surface area contributed by atoms with Gasteiger partial charge in [-0.2, -0.15) is 0 Å². The number of nitrogens with one attached hydrogen (secondary N) is 1. The molecule has 0 aromatic carbocycles. The summed E-state index contributed by atoms with van der Waals surface area (Å²) in [5.74, 6) is -0.287. The van der Waals surface area contributed by atoms with Crippen LogP contribution in [0.25, 0.3) is 0 Å². The number of carbonyl (C=O) groups is 1. The summed E-state index contributed by atoms with van der Waals surface area (Å²) in [7, 11) is 0. The molecule has 3 heterocycles. The topological polar surface area (TPSA) is 307 Å². The summed E-state index contributed by atoms with van der Waals surface area (Å²) in [5.41, 5.74) is 0. The van der Waals surface area contributed by atoms with Gasteiger partial charge in [-0.3, -0.25) is 4.79 Å². The van der Waals surface area contributed by atoms with Crippen molar-refractivity contribution in [2.45, 2.75) is 420 Å². The Balaban J connectivity index is 1.40. The number of carbonyl (C=O) groups excluding carboxylic acids is 1. The summed E-state index contributed by atoms with van der Waals surface area (Å²) in [4.78, 5) is 13.5. The van der Waals surface area contributed by atoms with Crippen LogP contribution in [0.2, 0.25) is 0 Å². The lowest BCUT2D eigenvalue weighted by atomic mass is 9.96. The van der Waals surface area contributed by atoms with Crippen LogP contribution in [0, 0.1) is 0 Å². The molecule has 3 fully saturated rings. The number of unbranched alkanes of at least 4 members (excludes halogenated alkanes) is 41. The Morgan fingerprint density at radius 1 is 0.357 bits per heavy atom. The number of aliphatic hydroxyl groups is 11. The summed E-state index contributed by atoms with van der Waals surface area (Å²) in [6.45, 7) is 1.75. The van der Waals surface area contributed by atoms with E-state index in [1.807, 2.05) is 6.08 Å². The first-order valence-corrected chi connectivity index (χ1v) is 39.9. The van der Waals surface area contributed by atoms with E-state index in [4.69, 9.17) is 28.4 Å². The minimum Gasteiger partial charge on any atom is -0.394 e. The quantitative estimate of drug-likeness (QED) is 0.0199. The van der Waals surface area contributed by atoms with Gasteiger partial charge in [0.1, 0.15) is 73.2 Å². The van der Waals surface area contributed by atoms with E-state index in [0.29, 0.717) is 12.8 Å². The molecule has 0 saturated carbocycles. The molecule has 3 rings (SSSR count). The van der Waals surface area contributed by atoms with Crippen LogP contribution in [0.4, 0.5) is 0 Å². The van der Waals surface area contributed by atoms with Crippen LogP contribution in [0.5, 0.6) is 0 Å². The largest absolute Gasteiger partial charge is 0.394 e. The van der Waals surface area contributed by atoms with Gasteiger partial charge >= 0.3 is 0 Å². The van der Waals surface area contributed by atoms with Gasteiger partial charge in [0.25, 0.3) is 0 Å². The number of amides is 1. The Bertz CT molecular complexity index is 1960. The van der Waals surface area contributed by atoms with Gasteiger partial charge in [-0.1, -0.05) is 287 Å². The van der Waals surface area contributed by atoms with Crippen LogP contribution in [-0.4, -0.2) is 193 Å². The number of allylic oxidation sites excluding steroid dienone is 7. The Labute approximate surface area is 593 Å². The molecule has 3 aliphatic rings. The fraction of sp³-hybridized carbons (Fsp3) is 0.886. The van der Waals surface area contributed by atoms with Gasteiger partial charge in [0.15, 0.2) is 18.9 Å².